The number of nitrogens with zero attached hydrogens (tertiary/aromatic N) is 2. The first kappa shape index (κ1) is 49.1. The van der Waals surface area contributed by atoms with Gasteiger partial charge in [-0.3, -0.25) is 0 Å². The lowest BCUT2D eigenvalue weighted by Crippen LogP contribution is -2.62. The highest BCUT2D eigenvalue weighted by molar-refractivity contribution is 7.00. The van der Waals surface area contributed by atoms with E-state index in [4.69, 9.17) is 0 Å². The molecule has 7 aromatic carbocycles. The molecule has 0 saturated carbocycles. The monoisotopic (exact) mass is 973 g/mol. The van der Waals surface area contributed by atoms with Gasteiger partial charge in [0.05, 0.1) is 5.69 Å². The van der Waals surface area contributed by atoms with Gasteiger partial charge in [0.25, 0.3) is 6.71 Å². The van der Waals surface area contributed by atoms with E-state index in [1.165, 1.54) is 123 Å². The number of hydrogen-bond acceptors (Lipinski definition) is 2. The van der Waals surface area contributed by atoms with Crippen LogP contribution in [0.25, 0.3) is 11.1 Å². The Morgan fingerprint density at radius 2 is 0.797 bits per heavy atom. The van der Waals surface area contributed by atoms with E-state index >= 15 is 0 Å². The number of aryl methyl sites for hydroxylation is 1. The Morgan fingerprint density at radius 3 is 1.27 bits per heavy atom. The van der Waals surface area contributed by atoms with Crippen LogP contribution in [0.15, 0.2) is 121 Å². The minimum absolute atomic E-state index is 0.00958. The summed E-state index contributed by atoms with van der Waals surface area (Å²) in [6, 6.07) is 49.0. The first-order valence-corrected chi connectivity index (χ1v) is 28.0. The minimum Gasteiger partial charge on any atom is -0.311 e. The molecule has 0 fully saturated rings. The van der Waals surface area contributed by atoms with Crippen LogP contribution in [-0.4, -0.2) is 6.71 Å². The Kier molecular flexibility index (Phi) is 10.1. The summed E-state index contributed by atoms with van der Waals surface area (Å²) in [5.74, 6) is 0. The molecule has 7 aromatic rings. The van der Waals surface area contributed by atoms with Gasteiger partial charge in [0, 0.05) is 44.8 Å². The Morgan fingerprint density at radius 1 is 0.378 bits per heavy atom. The van der Waals surface area contributed by atoms with Crippen molar-refractivity contribution in [3.63, 3.8) is 0 Å². The molecule has 3 heteroatoms. The van der Waals surface area contributed by atoms with Gasteiger partial charge in [0.2, 0.25) is 0 Å². The molecule has 3 aliphatic carbocycles. The van der Waals surface area contributed by atoms with E-state index in [-0.39, 0.29) is 50.0 Å². The van der Waals surface area contributed by atoms with Crippen LogP contribution in [0.1, 0.15) is 199 Å². The molecule has 0 amide bonds. The largest absolute Gasteiger partial charge is 0.311 e. The number of hydrogen-bond donors (Lipinski definition) is 0. The molecular weight excluding hydrogens is 892 g/mol. The van der Waals surface area contributed by atoms with Gasteiger partial charge in [-0.15, -0.1) is 0 Å². The summed E-state index contributed by atoms with van der Waals surface area (Å²) in [4.78, 5) is 5.51. The average Bonchev–Trinajstić information content (AvgIpc) is 3.68. The topological polar surface area (TPSA) is 6.48 Å². The Balaban J connectivity index is 1.25. The van der Waals surface area contributed by atoms with Gasteiger partial charge in [-0.05, 0) is 178 Å². The number of rotatable bonds is 3. The van der Waals surface area contributed by atoms with Crippen LogP contribution in [0, 0.1) is 6.92 Å². The average molecular weight is 973 g/mol. The molecule has 2 aliphatic heterocycles. The van der Waals surface area contributed by atoms with E-state index in [2.05, 4.69) is 263 Å². The number of fused-ring (bicyclic) bond motifs is 8. The lowest BCUT2D eigenvalue weighted by Gasteiger charge is -2.48. The van der Waals surface area contributed by atoms with Crippen LogP contribution >= 0.6 is 0 Å². The van der Waals surface area contributed by atoms with E-state index in [0.717, 1.165) is 12.8 Å². The van der Waals surface area contributed by atoms with Crippen molar-refractivity contribution in [3.8, 4) is 11.1 Å². The highest BCUT2D eigenvalue weighted by Gasteiger charge is 2.52. The minimum atomic E-state index is -0.203. The van der Waals surface area contributed by atoms with Crippen molar-refractivity contribution in [3.05, 3.63) is 183 Å². The van der Waals surface area contributed by atoms with Gasteiger partial charge in [-0.2, -0.15) is 0 Å². The van der Waals surface area contributed by atoms with Crippen LogP contribution in [0.2, 0.25) is 0 Å². The third kappa shape index (κ3) is 6.88. The summed E-state index contributed by atoms with van der Waals surface area (Å²) in [5.41, 5.74) is 29.8. The molecule has 74 heavy (non-hydrogen) atoms. The molecule has 0 spiro atoms. The SMILES string of the molecule is Cc1cc2c(cc1N1c3cc4c(cc3B3c5cc6c(cc5N(c5ccc(C(C)(C)C)cc5-c5ccccc5)c5cc(C(C)(C)C)cc1c53)C(C)(C)CC6(C)C)C(C)(C)CC4(C)C)C(C)(C)c1ccccc1C2(C)C. The van der Waals surface area contributed by atoms with Crippen LogP contribution in [-0.2, 0) is 43.3 Å². The molecule has 2 nitrogen and oxygen atoms in total. The summed E-state index contributed by atoms with van der Waals surface area (Å²) in [6.07, 6.45) is 2.23. The molecule has 0 unspecified atom stereocenters. The lowest BCUT2D eigenvalue weighted by molar-refractivity contribution is 0.403. The second-order valence-electron chi connectivity index (χ2n) is 29.4. The van der Waals surface area contributed by atoms with Gasteiger partial charge < -0.3 is 9.80 Å². The quantitative estimate of drug-likeness (QED) is 0.163. The molecule has 378 valence electrons. The summed E-state index contributed by atoms with van der Waals surface area (Å²) in [5, 5.41) is 0. The van der Waals surface area contributed by atoms with Crippen LogP contribution in [0.3, 0.4) is 0 Å². The maximum atomic E-state index is 2.77. The molecular formula is C71H81BN2. The molecule has 12 rings (SSSR count). The molecule has 0 N–H and O–H groups in total. The fraction of sp³-hybridized carbons (Fsp3) is 0.408. The van der Waals surface area contributed by atoms with E-state index < -0.39 is 0 Å². The maximum Gasteiger partial charge on any atom is 0.252 e. The van der Waals surface area contributed by atoms with Crippen molar-refractivity contribution in [1.82, 2.24) is 0 Å². The van der Waals surface area contributed by atoms with Crippen molar-refractivity contribution >= 4 is 57.2 Å². The third-order valence-corrected chi connectivity index (χ3v) is 19.3. The van der Waals surface area contributed by atoms with Gasteiger partial charge in [0.1, 0.15) is 0 Å². The Hall–Kier alpha value is -5.80. The van der Waals surface area contributed by atoms with E-state index in [9.17, 15) is 0 Å². The Labute approximate surface area is 446 Å². The smallest absolute Gasteiger partial charge is 0.252 e. The second kappa shape index (κ2) is 15.2. The molecule has 5 aliphatic rings. The van der Waals surface area contributed by atoms with E-state index in [1.807, 2.05) is 0 Å². The first-order valence-electron chi connectivity index (χ1n) is 28.0. The molecule has 0 atom stereocenters. The van der Waals surface area contributed by atoms with Gasteiger partial charge in [0.15, 0.2) is 0 Å². The molecule has 0 aromatic heterocycles. The van der Waals surface area contributed by atoms with Crippen molar-refractivity contribution in [2.45, 2.75) is 188 Å². The molecule has 0 bridgehead atoms. The zero-order chi connectivity index (χ0) is 53.0. The van der Waals surface area contributed by atoms with Crippen molar-refractivity contribution in [1.29, 1.82) is 0 Å². The fourth-order valence-corrected chi connectivity index (χ4v) is 15.8. The molecule has 0 saturated heterocycles. The van der Waals surface area contributed by atoms with Crippen molar-refractivity contribution in [2.75, 3.05) is 9.80 Å². The fourth-order valence-electron chi connectivity index (χ4n) is 15.8. The van der Waals surface area contributed by atoms with E-state index in [0.29, 0.717) is 0 Å². The summed E-state index contributed by atoms with van der Waals surface area (Å²) < 4.78 is 0. The molecule has 0 radical (unpaired) electrons. The predicted octanol–water partition coefficient (Wildman–Crippen LogP) is 17.2. The highest BCUT2D eigenvalue weighted by Crippen LogP contribution is 2.58. The van der Waals surface area contributed by atoms with E-state index in [1.54, 1.807) is 0 Å². The zero-order valence-electron chi connectivity index (χ0n) is 48.4. The summed E-state index contributed by atoms with van der Waals surface area (Å²) in [6.45, 7) is 46.4. The van der Waals surface area contributed by atoms with Crippen LogP contribution in [0.5, 0.6) is 0 Å². The lowest BCUT2D eigenvalue weighted by atomic mass is 9.33. The van der Waals surface area contributed by atoms with Crippen molar-refractivity contribution in [2.24, 2.45) is 0 Å². The maximum absolute atomic E-state index is 2.77. The molecule has 2 heterocycles. The standard InChI is InChI=1S/C71H81BN2/c1-42-31-53-54(71(18,19)48-28-24-23-27-47(48)70(53,16)17)39-58(42)74-60-38-52-50(67(10,11)41-69(52,14)15)36-56(60)72-55-35-49-51(68(12,13)40-66(49,8)9)37-59(55)73(61-33-45(65(5,6)7)34-62(74)63(61)72)57-30-29-44(64(2,3)4)32-46(57)43-25-21-20-22-26-43/h20-39H,40-41H2,1-19H3. The third-order valence-electron chi connectivity index (χ3n) is 19.3. The highest BCUT2D eigenvalue weighted by atomic mass is 15.2. The van der Waals surface area contributed by atoms with Gasteiger partial charge in [-0.1, -0.05) is 203 Å². The van der Waals surface area contributed by atoms with Crippen LogP contribution < -0.4 is 26.2 Å². The Bertz CT molecular complexity index is 3540. The van der Waals surface area contributed by atoms with Crippen LogP contribution in [0.4, 0.5) is 34.1 Å². The normalized spacial score (nSPS) is 19.5. The first-order chi connectivity index (χ1) is 34.3. The summed E-state index contributed by atoms with van der Waals surface area (Å²) >= 11 is 0. The van der Waals surface area contributed by atoms with Gasteiger partial charge >= 0.3 is 0 Å². The number of benzene rings is 7. The zero-order valence-corrected chi connectivity index (χ0v) is 48.4. The van der Waals surface area contributed by atoms with Gasteiger partial charge in [-0.25, -0.2) is 0 Å². The predicted molar refractivity (Wildman–Crippen MR) is 320 cm³/mol. The number of anilines is 6. The van der Waals surface area contributed by atoms with Crippen molar-refractivity contribution < 1.29 is 0 Å². The second-order valence-corrected chi connectivity index (χ2v) is 29.4. The summed E-state index contributed by atoms with van der Waals surface area (Å²) in [7, 11) is 0.